The van der Waals surface area contributed by atoms with Gasteiger partial charge >= 0.3 is 12.3 Å². The number of oxime groups is 1. The van der Waals surface area contributed by atoms with Crippen LogP contribution in [0.15, 0.2) is 33.8 Å². The Bertz CT molecular complexity index is 1200. The van der Waals surface area contributed by atoms with Crippen LogP contribution in [-0.2, 0) is 27.5 Å². The van der Waals surface area contributed by atoms with Crippen LogP contribution in [-0.4, -0.2) is 75.8 Å². The number of carboxylic acids is 1. The fourth-order valence-electron chi connectivity index (χ4n) is 3.87. The lowest BCUT2D eigenvalue weighted by molar-refractivity contribution is -0.758. The predicted molar refractivity (Wildman–Crippen MR) is 118 cm³/mol. The fraction of sp³-hybridized carbons (Fsp3) is 0.353. The van der Waals surface area contributed by atoms with Crippen LogP contribution < -0.4 is 15.7 Å². The number of thioether (sulfide) groups is 2. The van der Waals surface area contributed by atoms with Crippen molar-refractivity contribution in [2.24, 2.45) is 5.16 Å². The normalized spacial score (nSPS) is 24.4. The van der Waals surface area contributed by atoms with E-state index in [9.17, 15) is 24.7 Å². The van der Waals surface area contributed by atoms with Crippen molar-refractivity contribution >= 4 is 63.5 Å². The summed E-state index contributed by atoms with van der Waals surface area (Å²) in [6, 6.07) is -0.954. The van der Waals surface area contributed by atoms with Crippen LogP contribution in [0, 0.1) is 0 Å². The molecule has 5 heterocycles. The fourth-order valence-corrected chi connectivity index (χ4v) is 7.24. The summed E-state index contributed by atoms with van der Waals surface area (Å²) >= 11 is 3.89. The summed E-state index contributed by atoms with van der Waals surface area (Å²) in [6.07, 6.45) is 3.43. The van der Waals surface area contributed by atoms with Crippen LogP contribution in [0.5, 0.6) is 0 Å². The van der Waals surface area contributed by atoms with E-state index in [1.165, 1.54) is 33.8 Å². The van der Waals surface area contributed by atoms with E-state index >= 15 is 0 Å². The number of carbonyl (C=O) groups is 3. The largest absolute Gasteiger partial charge is 0.477 e. The van der Waals surface area contributed by atoms with Gasteiger partial charge in [-0.05, 0) is 4.98 Å². The standard InChI is InChI=1S/C17H16N8O5S3/c18-17-20-8(3-32-17)10(22-30)13(26)21-11-14(27)25-12(16(28)29)9(4-31-15(11)25)33-7-1-23-5-19-6-24(23)2-7/h3,5-7,11,15H,1-2,4H2,(H4-,18,20,21,26,28,29,30)/p+1. The molecule has 2 aromatic heterocycles. The van der Waals surface area contributed by atoms with Crippen LogP contribution in [0.3, 0.4) is 0 Å². The molecule has 5 rings (SSSR count). The topological polar surface area (TPSA) is 180 Å². The van der Waals surface area contributed by atoms with Crippen molar-refractivity contribution in [2.75, 3.05) is 11.5 Å². The molecular formula is C17H17N8O5S3+. The molecule has 1 saturated heterocycles. The molecule has 2 unspecified atom stereocenters. The van der Waals surface area contributed by atoms with Crippen molar-refractivity contribution in [3.8, 4) is 0 Å². The van der Waals surface area contributed by atoms with Crippen LogP contribution in [0.4, 0.5) is 5.13 Å². The Morgan fingerprint density at radius 2 is 2.24 bits per heavy atom. The second kappa shape index (κ2) is 8.35. The van der Waals surface area contributed by atoms with Gasteiger partial charge in [-0.3, -0.25) is 14.5 Å². The summed E-state index contributed by atoms with van der Waals surface area (Å²) in [5, 5.41) is 25.8. The van der Waals surface area contributed by atoms with Gasteiger partial charge in [-0.1, -0.05) is 5.16 Å². The Morgan fingerprint density at radius 1 is 1.42 bits per heavy atom. The van der Waals surface area contributed by atoms with Crippen molar-refractivity contribution in [3.05, 3.63) is 34.3 Å². The number of hydrogen-bond donors (Lipinski definition) is 4. The lowest BCUT2D eigenvalue weighted by atomic mass is 10.0. The maximum Gasteiger partial charge on any atom is 0.353 e. The number of anilines is 1. The molecule has 2 aromatic rings. The number of carbonyl (C=O) groups excluding carboxylic acids is 2. The number of nitrogens with two attached hydrogens (primary N) is 1. The Hall–Kier alpha value is -3.11. The average Bonchev–Trinajstić information content (AvgIpc) is 3.49. The SMILES string of the molecule is Nc1nc(/C(=N/O)C(=O)NC2C(=O)N3C(C(=O)O)=C(SC4Cn5cnc[n+]5C4)CSC23)cs1. The minimum Gasteiger partial charge on any atom is -0.477 e. The zero-order valence-corrected chi connectivity index (χ0v) is 19.1. The minimum atomic E-state index is -1.19. The van der Waals surface area contributed by atoms with Crippen LogP contribution >= 0.6 is 34.9 Å². The molecular weight excluding hydrogens is 492 g/mol. The van der Waals surface area contributed by atoms with Crippen molar-refractivity contribution in [1.29, 1.82) is 0 Å². The Morgan fingerprint density at radius 3 is 2.91 bits per heavy atom. The number of nitrogens with zero attached hydrogens (tertiary/aromatic N) is 6. The van der Waals surface area contributed by atoms with Crippen molar-refractivity contribution in [1.82, 2.24) is 24.9 Å². The molecule has 16 heteroatoms. The molecule has 172 valence electrons. The molecule has 3 aliphatic rings. The van der Waals surface area contributed by atoms with Gasteiger partial charge in [-0.15, -0.1) is 34.9 Å². The summed E-state index contributed by atoms with van der Waals surface area (Å²) in [7, 11) is 0. The number of fused-ring (bicyclic) bond motifs is 2. The number of amides is 2. The minimum absolute atomic E-state index is 0.0534. The van der Waals surface area contributed by atoms with Crippen molar-refractivity contribution in [3.63, 3.8) is 0 Å². The smallest absolute Gasteiger partial charge is 0.353 e. The van der Waals surface area contributed by atoms with E-state index in [0.717, 1.165) is 11.3 Å². The molecule has 3 aliphatic heterocycles. The van der Waals surface area contributed by atoms with E-state index in [-0.39, 0.29) is 27.5 Å². The number of carboxylic acid groups (broad SMARTS) is 1. The van der Waals surface area contributed by atoms with Gasteiger partial charge in [-0.2, -0.15) is 9.36 Å². The summed E-state index contributed by atoms with van der Waals surface area (Å²) < 4.78 is 3.90. The molecule has 5 N–H and O–H groups in total. The molecule has 2 atom stereocenters. The first-order chi connectivity index (χ1) is 15.9. The van der Waals surface area contributed by atoms with Crippen molar-refractivity contribution < 1.29 is 29.4 Å². The number of thiazole rings is 1. The lowest BCUT2D eigenvalue weighted by Gasteiger charge is -2.49. The quantitative estimate of drug-likeness (QED) is 0.123. The van der Waals surface area contributed by atoms with Gasteiger partial charge in [-0.25, -0.2) is 9.78 Å². The van der Waals surface area contributed by atoms with E-state index in [4.69, 9.17) is 5.73 Å². The molecule has 0 spiro atoms. The first-order valence-corrected chi connectivity index (χ1v) is 12.4. The summed E-state index contributed by atoms with van der Waals surface area (Å²) in [6.45, 7) is 1.37. The highest BCUT2D eigenvalue weighted by molar-refractivity contribution is 8.06. The molecule has 0 aromatic carbocycles. The monoisotopic (exact) mass is 509 g/mol. The number of nitrogen functional groups attached to an aromatic ring is 1. The van der Waals surface area contributed by atoms with Gasteiger partial charge in [0.15, 0.2) is 10.8 Å². The van der Waals surface area contributed by atoms with E-state index in [0.29, 0.717) is 23.7 Å². The summed E-state index contributed by atoms with van der Waals surface area (Å²) in [4.78, 5) is 47.3. The van der Waals surface area contributed by atoms with E-state index in [1.54, 1.807) is 12.7 Å². The van der Waals surface area contributed by atoms with Gasteiger partial charge in [0.2, 0.25) is 6.33 Å². The van der Waals surface area contributed by atoms with Crippen molar-refractivity contribution in [2.45, 2.75) is 29.8 Å². The summed E-state index contributed by atoms with van der Waals surface area (Å²) in [5.41, 5.74) is 5.21. The second-order valence-corrected chi connectivity index (χ2v) is 10.7. The predicted octanol–water partition coefficient (Wildman–Crippen LogP) is -1.10. The maximum absolute atomic E-state index is 12.9. The lowest BCUT2D eigenvalue weighted by Crippen LogP contribution is -2.71. The highest BCUT2D eigenvalue weighted by Gasteiger charge is 2.55. The Kier molecular flexibility index (Phi) is 5.49. The van der Waals surface area contributed by atoms with E-state index < -0.39 is 29.2 Å². The highest BCUT2D eigenvalue weighted by Crippen LogP contribution is 2.44. The number of nitrogens with one attached hydrogen (secondary N) is 1. The molecule has 33 heavy (non-hydrogen) atoms. The third-order valence-electron chi connectivity index (χ3n) is 5.32. The van der Waals surface area contributed by atoms with Crippen LogP contribution in [0.25, 0.3) is 0 Å². The zero-order valence-electron chi connectivity index (χ0n) is 16.7. The van der Waals surface area contributed by atoms with Gasteiger partial charge < -0.3 is 21.4 Å². The maximum atomic E-state index is 12.9. The average molecular weight is 510 g/mol. The number of hydrogen-bond acceptors (Lipinski definition) is 11. The zero-order chi connectivity index (χ0) is 23.3. The van der Waals surface area contributed by atoms with Gasteiger partial charge in [0.1, 0.15) is 29.4 Å². The molecule has 0 aliphatic carbocycles. The third-order valence-corrected chi connectivity index (χ3v) is 8.71. The van der Waals surface area contributed by atoms with Crippen LogP contribution in [0.1, 0.15) is 5.69 Å². The highest BCUT2D eigenvalue weighted by atomic mass is 32.2. The number of aliphatic carboxylic acids is 1. The molecule has 1 fully saturated rings. The van der Waals surface area contributed by atoms with Gasteiger partial charge in [0.05, 0.1) is 11.8 Å². The molecule has 0 bridgehead atoms. The van der Waals surface area contributed by atoms with E-state index in [2.05, 4.69) is 20.4 Å². The number of aromatic nitrogens is 4. The van der Waals surface area contributed by atoms with Crippen LogP contribution in [0.2, 0.25) is 0 Å². The third kappa shape index (κ3) is 3.72. The molecule has 13 nitrogen and oxygen atoms in total. The van der Waals surface area contributed by atoms with Gasteiger partial charge in [0, 0.05) is 16.0 Å². The molecule has 0 saturated carbocycles. The molecule has 2 amide bonds. The van der Waals surface area contributed by atoms with Gasteiger partial charge in [0.25, 0.3) is 11.8 Å². The first kappa shape index (κ1) is 21.7. The Labute approximate surface area is 198 Å². The molecule has 0 radical (unpaired) electrons. The van der Waals surface area contributed by atoms with E-state index in [1.807, 2.05) is 9.36 Å². The Balaban J connectivity index is 1.30. The second-order valence-electron chi connectivity index (χ2n) is 7.32. The number of rotatable bonds is 6. The summed E-state index contributed by atoms with van der Waals surface area (Å²) in [5.74, 6) is -2.14. The number of β-lactam (4-membered cyclic amide) rings is 1. The first-order valence-electron chi connectivity index (χ1n) is 9.59.